The highest BCUT2D eigenvalue weighted by atomic mass is 19.1. The largest absolute Gasteiger partial charge is 0.340 e. The van der Waals surface area contributed by atoms with Crippen molar-refractivity contribution in [2.45, 2.75) is 25.7 Å². The van der Waals surface area contributed by atoms with E-state index in [1.54, 1.807) is 12.1 Å². The highest BCUT2D eigenvalue weighted by Crippen LogP contribution is 2.39. The number of nitrogens with one attached hydrogen (secondary N) is 2. The average Bonchev–Trinajstić information content (AvgIpc) is 3.27. The molecule has 4 N–H and O–H groups in total. The maximum absolute atomic E-state index is 13.3. The second kappa shape index (κ2) is 5.05. The summed E-state index contributed by atoms with van der Waals surface area (Å²) in [6.45, 7) is 1.91. The van der Waals surface area contributed by atoms with E-state index in [-0.39, 0.29) is 5.82 Å². The van der Waals surface area contributed by atoms with Gasteiger partial charge in [-0.05, 0) is 37.5 Å². The quantitative estimate of drug-likeness (QED) is 0.590. The van der Waals surface area contributed by atoms with Crippen molar-refractivity contribution in [1.29, 1.82) is 0 Å². The number of aromatic nitrogens is 2. The minimum Gasteiger partial charge on any atom is -0.340 e. The molecule has 104 valence electrons. The lowest BCUT2D eigenvalue weighted by Crippen LogP contribution is -2.11. The van der Waals surface area contributed by atoms with Crippen LogP contribution in [0.2, 0.25) is 0 Å². The smallest absolute Gasteiger partial charge is 0.145 e. The second-order valence-corrected chi connectivity index (χ2v) is 5.00. The number of hydrogen-bond donors (Lipinski definition) is 3. The molecule has 1 saturated carbocycles. The summed E-state index contributed by atoms with van der Waals surface area (Å²) in [5, 5.41) is 3.12. The van der Waals surface area contributed by atoms with Crippen molar-refractivity contribution in [1.82, 2.24) is 9.97 Å². The SMILES string of the molecule is Cc1ccc(F)cc1Nc1cc(NN)nc(C2CC2)n1. The van der Waals surface area contributed by atoms with Gasteiger partial charge in [-0.1, -0.05) is 6.07 Å². The van der Waals surface area contributed by atoms with Gasteiger partial charge in [-0.2, -0.15) is 0 Å². The van der Waals surface area contributed by atoms with E-state index in [1.165, 1.54) is 12.1 Å². The van der Waals surface area contributed by atoms with Gasteiger partial charge in [0.1, 0.15) is 23.3 Å². The molecule has 0 bridgehead atoms. The van der Waals surface area contributed by atoms with Gasteiger partial charge in [0.25, 0.3) is 0 Å². The Hall–Kier alpha value is -2.21. The molecule has 0 atom stereocenters. The molecule has 1 aliphatic rings. The van der Waals surface area contributed by atoms with E-state index in [9.17, 15) is 4.39 Å². The van der Waals surface area contributed by atoms with Gasteiger partial charge in [-0.15, -0.1) is 0 Å². The van der Waals surface area contributed by atoms with Crippen molar-refractivity contribution < 1.29 is 4.39 Å². The summed E-state index contributed by atoms with van der Waals surface area (Å²) in [6, 6.07) is 6.31. The Bertz CT molecular complexity index is 639. The maximum Gasteiger partial charge on any atom is 0.145 e. The molecule has 3 rings (SSSR count). The summed E-state index contributed by atoms with van der Waals surface area (Å²) in [7, 11) is 0. The molecule has 0 aliphatic heterocycles. The molecule has 1 heterocycles. The Balaban J connectivity index is 1.93. The van der Waals surface area contributed by atoms with E-state index in [0.29, 0.717) is 23.2 Å². The van der Waals surface area contributed by atoms with Crippen molar-refractivity contribution in [2.75, 3.05) is 10.7 Å². The van der Waals surface area contributed by atoms with Crippen molar-refractivity contribution in [2.24, 2.45) is 5.84 Å². The zero-order valence-electron chi connectivity index (χ0n) is 11.2. The monoisotopic (exact) mass is 273 g/mol. The summed E-state index contributed by atoms with van der Waals surface area (Å²) in [4.78, 5) is 8.80. The third-order valence-electron chi connectivity index (χ3n) is 3.30. The zero-order valence-corrected chi connectivity index (χ0v) is 11.2. The number of nitrogens with two attached hydrogens (primary N) is 1. The molecule has 1 aromatic heterocycles. The number of halogens is 1. The van der Waals surface area contributed by atoms with Crippen LogP contribution in [0.25, 0.3) is 0 Å². The first-order chi connectivity index (χ1) is 9.65. The first-order valence-corrected chi connectivity index (χ1v) is 6.54. The Labute approximate surface area is 116 Å². The van der Waals surface area contributed by atoms with E-state index < -0.39 is 0 Å². The molecular formula is C14H16FN5. The number of aryl methyl sites for hydroxylation is 1. The number of anilines is 3. The van der Waals surface area contributed by atoms with E-state index in [1.807, 2.05) is 6.92 Å². The standard InChI is InChI=1S/C14H16FN5/c1-8-2-5-10(15)6-11(8)17-12-7-13(20-16)19-14(18-12)9-3-4-9/h2,5-7,9H,3-4,16H2,1H3,(H2,17,18,19,20). The van der Waals surface area contributed by atoms with Gasteiger partial charge in [0.2, 0.25) is 0 Å². The van der Waals surface area contributed by atoms with Crippen LogP contribution in [0, 0.1) is 12.7 Å². The van der Waals surface area contributed by atoms with Gasteiger partial charge in [0.05, 0.1) is 0 Å². The minimum absolute atomic E-state index is 0.285. The lowest BCUT2D eigenvalue weighted by Gasteiger charge is -2.11. The van der Waals surface area contributed by atoms with Crippen LogP contribution in [0.15, 0.2) is 24.3 Å². The van der Waals surface area contributed by atoms with Gasteiger partial charge in [0, 0.05) is 17.7 Å². The van der Waals surface area contributed by atoms with E-state index in [0.717, 1.165) is 24.2 Å². The summed E-state index contributed by atoms with van der Waals surface area (Å²) in [5.41, 5.74) is 4.17. The molecule has 20 heavy (non-hydrogen) atoms. The summed E-state index contributed by atoms with van der Waals surface area (Å²) >= 11 is 0. The van der Waals surface area contributed by atoms with Crippen molar-refractivity contribution >= 4 is 17.3 Å². The van der Waals surface area contributed by atoms with Crippen molar-refractivity contribution in [3.8, 4) is 0 Å². The predicted octanol–water partition coefficient (Wildman–Crippen LogP) is 2.83. The number of hydrogen-bond acceptors (Lipinski definition) is 5. The Morgan fingerprint density at radius 2 is 1.95 bits per heavy atom. The first-order valence-electron chi connectivity index (χ1n) is 6.54. The Kier molecular flexibility index (Phi) is 3.23. The summed E-state index contributed by atoms with van der Waals surface area (Å²) < 4.78 is 13.3. The Morgan fingerprint density at radius 1 is 1.20 bits per heavy atom. The first kappa shape index (κ1) is 12.8. The molecule has 0 amide bonds. The summed E-state index contributed by atoms with van der Waals surface area (Å²) in [6.07, 6.45) is 2.21. The van der Waals surface area contributed by atoms with Crippen molar-refractivity contribution in [3.63, 3.8) is 0 Å². The molecule has 1 fully saturated rings. The predicted molar refractivity (Wildman–Crippen MR) is 76.2 cm³/mol. The van der Waals surface area contributed by atoms with Crippen LogP contribution in [0.3, 0.4) is 0 Å². The van der Waals surface area contributed by atoms with Crippen LogP contribution in [0.1, 0.15) is 30.1 Å². The molecule has 6 heteroatoms. The minimum atomic E-state index is -0.285. The van der Waals surface area contributed by atoms with Crippen LogP contribution < -0.4 is 16.6 Å². The molecule has 1 aromatic carbocycles. The third kappa shape index (κ3) is 2.70. The molecule has 1 aliphatic carbocycles. The van der Waals surface area contributed by atoms with Gasteiger partial charge < -0.3 is 10.7 Å². The maximum atomic E-state index is 13.3. The van der Waals surface area contributed by atoms with E-state index in [2.05, 4.69) is 20.7 Å². The molecule has 2 aromatic rings. The fraction of sp³-hybridized carbons (Fsp3) is 0.286. The highest BCUT2D eigenvalue weighted by Gasteiger charge is 2.27. The molecule has 0 saturated heterocycles. The van der Waals surface area contributed by atoms with Crippen LogP contribution in [0.4, 0.5) is 21.7 Å². The molecular weight excluding hydrogens is 257 g/mol. The fourth-order valence-electron chi connectivity index (χ4n) is 1.99. The fourth-order valence-corrected chi connectivity index (χ4v) is 1.99. The lowest BCUT2D eigenvalue weighted by atomic mass is 10.2. The molecule has 5 nitrogen and oxygen atoms in total. The van der Waals surface area contributed by atoms with Gasteiger partial charge >= 0.3 is 0 Å². The second-order valence-electron chi connectivity index (χ2n) is 5.00. The number of hydrazine groups is 1. The van der Waals surface area contributed by atoms with Gasteiger partial charge in [-0.25, -0.2) is 20.2 Å². The zero-order chi connectivity index (χ0) is 14.1. The lowest BCUT2D eigenvalue weighted by molar-refractivity contribution is 0.628. The Morgan fingerprint density at radius 3 is 2.65 bits per heavy atom. The number of nitrogen functional groups attached to an aromatic ring is 1. The molecule has 0 radical (unpaired) electrons. The van der Waals surface area contributed by atoms with Crippen LogP contribution in [0.5, 0.6) is 0 Å². The topological polar surface area (TPSA) is 75.9 Å². The average molecular weight is 273 g/mol. The molecule has 0 spiro atoms. The van der Waals surface area contributed by atoms with Crippen molar-refractivity contribution in [3.05, 3.63) is 41.5 Å². The van der Waals surface area contributed by atoms with Crippen LogP contribution >= 0.6 is 0 Å². The number of nitrogens with zero attached hydrogens (tertiary/aromatic N) is 2. The van der Waals surface area contributed by atoms with E-state index in [4.69, 9.17) is 5.84 Å². The molecule has 0 unspecified atom stereocenters. The van der Waals surface area contributed by atoms with Gasteiger partial charge in [-0.3, -0.25) is 0 Å². The van der Waals surface area contributed by atoms with E-state index >= 15 is 0 Å². The number of benzene rings is 1. The normalized spacial score (nSPS) is 14.2. The number of rotatable bonds is 4. The highest BCUT2D eigenvalue weighted by molar-refractivity contribution is 5.62. The summed E-state index contributed by atoms with van der Waals surface area (Å²) in [5.74, 6) is 7.50. The van der Waals surface area contributed by atoms with Gasteiger partial charge in [0.15, 0.2) is 0 Å². The van der Waals surface area contributed by atoms with Crippen LogP contribution in [-0.2, 0) is 0 Å². The third-order valence-corrected chi connectivity index (χ3v) is 3.30. The van der Waals surface area contributed by atoms with Crippen LogP contribution in [-0.4, -0.2) is 9.97 Å².